The number of rotatable bonds is 3. The highest BCUT2D eigenvalue weighted by Crippen LogP contribution is 2.12. The smallest absolute Gasteiger partial charge is 0.412 e. The van der Waals surface area contributed by atoms with Gasteiger partial charge in [0.15, 0.2) is 0 Å². The summed E-state index contributed by atoms with van der Waals surface area (Å²) >= 11 is 0. The standard InChI is InChI=1S/C13H17NO3/c1-13(2,3)17-12(16)14-11-6-4-10(5-7-11)8-9-15/h4-7,9H,8H2,1-3H3,(H,14,16). The van der Waals surface area contributed by atoms with Gasteiger partial charge in [-0.05, 0) is 38.5 Å². The topological polar surface area (TPSA) is 55.4 Å². The van der Waals surface area contributed by atoms with E-state index in [1.54, 1.807) is 45.0 Å². The van der Waals surface area contributed by atoms with Crippen LogP contribution in [-0.4, -0.2) is 18.0 Å². The molecule has 4 nitrogen and oxygen atoms in total. The van der Waals surface area contributed by atoms with Crippen LogP contribution in [0.2, 0.25) is 0 Å². The third kappa shape index (κ3) is 5.15. The molecule has 1 aromatic rings. The van der Waals surface area contributed by atoms with Gasteiger partial charge in [0.1, 0.15) is 11.9 Å². The van der Waals surface area contributed by atoms with Crippen LogP contribution >= 0.6 is 0 Å². The molecule has 0 radical (unpaired) electrons. The van der Waals surface area contributed by atoms with Gasteiger partial charge in [-0.15, -0.1) is 0 Å². The van der Waals surface area contributed by atoms with Gasteiger partial charge < -0.3 is 9.53 Å². The maximum Gasteiger partial charge on any atom is 0.412 e. The van der Waals surface area contributed by atoms with Gasteiger partial charge in [-0.25, -0.2) is 4.79 Å². The van der Waals surface area contributed by atoms with Gasteiger partial charge in [-0.2, -0.15) is 0 Å². The van der Waals surface area contributed by atoms with Gasteiger partial charge in [0, 0.05) is 12.1 Å². The molecule has 1 amide bonds. The first-order chi connectivity index (χ1) is 7.90. The molecule has 1 rings (SSSR count). The number of ether oxygens (including phenoxy) is 1. The second-order valence-corrected chi connectivity index (χ2v) is 4.69. The fourth-order valence-corrected chi connectivity index (χ4v) is 1.24. The monoisotopic (exact) mass is 235 g/mol. The van der Waals surface area contributed by atoms with Crippen molar-refractivity contribution in [2.75, 3.05) is 5.32 Å². The Balaban J connectivity index is 2.57. The van der Waals surface area contributed by atoms with E-state index in [0.29, 0.717) is 12.1 Å². The summed E-state index contributed by atoms with van der Waals surface area (Å²) in [5, 5.41) is 2.62. The van der Waals surface area contributed by atoms with Crippen LogP contribution < -0.4 is 5.32 Å². The number of anilines is 1. The Labute approximate surface area is 101 Å². The van der Waals surface area contributed by atoms with Crippen molar-refractivity contribution in [2.24, 2.45) is 0 Å². The van der Waals surface area contributed by atoms with Crippen LogP contribution in [0.3, 0.4) is 0 Å². The Bertz CT molecular complexity index is 390. The van der Waals surface area contributed by atoms with Crippen LogP contribution in [0.5, 0.6) is 0 Å². The number of carbonyl (C=O) groups is 2. The van der Waals surface area contributed by atoms with Crippen molar-refractivity contribution in [3.05, 3.63) is 29.8 Å². The maximum absolute atomic E-state index is 11.4. The lowest BCUT2D eigenvalue weighted by atomic mass is 10.1. The molecule has 0 saturated heterocycles. The van der Waals surface area contributed by atoms with Crippen molar-refractivity contribution >= 4 is 18.1 Å². The SMILES string of the molecule is CC(C)(C)OC(=O)Nc1ccc(CC=O)cc1. The van der Waals surface area contributed by atoms with E-state index in [-0.39, 0.29) is 0 Å². The van der Waals surface area contributed by atoms with Gasteiger partial charge in [0.25, 0.3) is 0 Å². The van der Waals surface area contributed by atoms with E-state index in [1.807, 2.05) is 0 Å². The predicted octanol–water partition coefficient (Wildman–Crippen LogP) is 2.78. The largest absolute Gasteiger partial charge is 0.444 e. The number of benzene rings is 1. The van der Waals surface area contributed by atoms with E-state index in [9.17, 15) is 9.59 Å². The molecule has 0 atom stereocenters. The molecule has 0 fully saturated rings. The molecule has 1 N–H and O–H groups in total. The Kier molecular flexibility index (Phi) is 4.26. The molecule has 0 unspecified atom stereocenters. The molecule has 17 heavy (non-hydrogen) atoms. The Hall–Kier alpha value is -1.84. The first-order valence-electron chi connectivity index (χ1n) is 5.43. The van der Waals surface area contributed by atoms with Crippen molar-refractivity contribution in [2.45, 2.75) is 32.8 Å². The predicted molar refractivity (Wildman–Crippen MR) is 66.1 cm³/mol. The molecule has 0 aliphatic rings. The lowest BCUT2D eigenvalue weighted by molar-refractivity contribution is -0.107. The number of carbonyl (C=O) groups excluding carboxylic acids is 2. The van der Waals surface area contributed by atoms with Crippen LogP contribution in [0.4, 0.5) is 10.5 Å². The molecule has 0 saturated carbocycles. The van der Waals surface area contributed by atoms with E-state index < -0.39 is 11.7 Å². The minimum absolute atomic E-state index is 0.382. The molecule has 1 aromatic carbocycles. The number of amides is 1. The van der Waals surface area contributed by atoms with E-state index in [1.165, 1.54) is 0 Å². The number of nitrogens with one attached hydrogen (secondary N) is 1. The van der Waals surface area contributed by atoms with Crippen LogP contribution in [0.1, 0.15) is 26.3 Å². The van der Waals surface area contributed by atoms with Crippen molar-refractivity contribution in [3.8, 4) is 0 Å². The lowest BCUT2D eigenvalue weighted by Gasteiger charge is -2.19. The molecule has 0 spiro atoms. The average Bonchev–Trinajstić information content (AvgIpc) is 2.18. The summed E-state index contributed by atoms with van der Waals surface area (Å²) in [5.74, 6) is 0. The highest BCUT2D eigenvalue weighted by Gasteiger charge is 2.15. The van der Waals surface area contributed by atoms with E-state index in [2.05, 4.69) is 5.32 Å². The average molecular weight is 235 g/mol. The minimum Gasteiger partial charge on any atom is -0.444 e. The van der Waals surface area contributed by atoms with Crippen LogP contribution in [-0.2, 0) is 16.0 Å². The van der Waals surface area contributed by atoms with E-state index in [4.69, 9.17) is 4.74 Å². The zero-order valence-electron chi connectivity index (χ0n) is 10.3. The highest BCUT2D eigenvalue weighted by atomic mass is 16.6. The van der Waals surface area contributed by atoms with Crippen LogP contribution in [0, 0.1) is 0 Å². The zero-order chi connectivity index (χ0) is 12.9. The normalized spacial score (nSPS) is 10.8. The first-order valence-corrected chi connectivity index (χ1v) is 5.43. The molecular formula is C13H17NO3. The second-order valence-electron chi connectivity index (χ2n) is 4.69. The number of hydrogen-bond acceptors (Lipinski definition) is 3. The van der Waals surface area contributed by atoms with Gasteiger partial charge >= 0.3 is 6.09 Å². The quantitative estimate of drug-likeness (QED) is 0.819. The van der Waals surface area contributed by atoms with Crippen LogP contribution in [0.25, 0.3) is 0 Å². The lowest BCUT2D eigenvalue weighted by Crippen LogP contribution is -2.27. The summed E-state index contributed by atoms with van der Waals surface area (Å²) in [5.41, 5.74) is 1.05. The van der Waals surface area contributed by atoms with E-state index in [0.717, 1.165) is 11.8 Å². The van der Waals surface area contributed by atoms with Crippen LogP contribution in [0.15, 0.2) is 24.3 Å². The fraction of sp³-hybridized carbons (Fsp3) is 0.385. The third-order valence-electron chi connectivity index (χ3n) is 1.92. The second kappa shape index (κ2) is 5.48. The fourth-order valence-electron chi connectivity index (χ4n) is 1.24. The van der Waals surface area contributed by atoms with Crippen molar-refractivity contribution in [1.82, 2.24) is 0 Å². The first kappa shape index (κ1) is 13.2. The highest BCUT2D eigenvalue weighted by molar-refractivity contribution is 5.84. The molecule has 0 heterocycles. The number of hydrogen-bond donors (Lipinski definition) is 1. The zero-order valence-corrected chi connectivity index (χ0v) is 10.3. The summed E-state index contributed by atoms with van der Waals surface area (Å²) in [6.45, 7) is 5.42. The van der Waals surface area contributed by atoms with Gasteiger partial charge in [0.05, 0.1) is 0 Å². The summed E-state index contributed by atoms with van der Waals surface area (Å²) in [4.78, 5) is 21.8. The summed E-state index contributed by atoms with van der Waals surface area (Å²) in [7, 11) is 0. The Morgan fingerprint density at radius 1 is 1.29 bits per heavy atom. The maximum atomic E-state index is 11.4. The molecule has 4 heteroatoms. The van der Waals surface area contributed by atoms with Gasteiger partial charge in [-0.3, -0.25) is 5.32 Å². The molecular weight excluding hydrogens is 218 g/mol. The van der Waals surface area contributed by atoms with E-state index >= 15 is 0 Å². The Morgan fingerprint density at radius 3 is 2.35 bits per heavy atom. The van der Waals surface area contributed by atoms with Crippen molar-refractivity contribution in [3.63, 3.8) is 0 Å². The minimum atomic E-state index is -0.512. The summed E-state index contributed by atoms with van der Waals surface area (Å²) < 4.78 is 5.11. The van der Waals surface area contributed by atoms with Gasteiger partial charge in [0.2, 0.25) is 0 Å². The third-order valence-corrected chi connectivity index (χ3v) is 1.92. The molecule has 0 aliphatic heterocycles. The molecule has 0 aromatic heterocycles. The Morgan fingerprint density at radius 2 is 1.88 bits per heavy atom. The summed E-state index contributed by atoms with van der Waals surface area (Å²) in [6, 6.07) is 7.06. The molecule has 0 aliphatic carbocycles. The van der Waals surface area contributed by atoms with Crippen molar-refractivity contribution < 1.29 is 14.3 Å². The summed E-state index contributed by atoms with van der Waals surface area (Å²) in [6.07, 6.45) is 0.740. The molecule has 0 bridgehead atoms. The van der Waals surface area contributed by atoms with Gasteiger partial charge in [-0.1, -0.05) is 12.1 Å². The molecule has 92 valence electrons. The van der Waals surface area contributed by atoms with Crippen molar-refractivity contribution in [1.29, 1.82) is 0 Å². The number of aldehydes is 1.